The molecular weight excluding hydrogens is 354 g/mol. The van der Waals surface area contributed by atoms with Crippen molar-refractivity contribution in [2.75, 3.05) is 26.8 Å². The minimum Gasteiger partial charge on any atom is -0.493 e. The Balaban J connectivity index is 1.82. The molecule has 0 amide bonds. The Hall–Kier alpha value is -1.30. The number of hydrogen-bond donors (Lipinski definition) is 1. The zero-order chi connectivity index (χ0) is 20.7. The van der Waals surface area contributed by atoms with Gasteiger partial charge in [0, 0.05) is 19.1 Å². The van der Waals surface area contributed by atoms with Crippen LogP contribution in [-0.2, 0) is 11.2 Å². The molecule has 0 aromatic heterocycles. The van der Waals surface area contributed by atoms with Gasteiger partial charge in [0.15, 0.2) is 11.5 Å². The largest absolute Gasteiger partial charge is 0.493 e. The normalized spacial score (nSPS) is 25.8. The predicted molar refractivity (Wildman–Crippen MR) is 111 cm³/mol. The third-order valence-corrected chi connectivity index (χ3v) is 5.37. The molecule has 5 heteroatoms. The van der Waals surface area contributed by atoms with Gasteiger partial charge in [-0.2, -0.15) is 0 Å². The number of piperidine rings is 1. The Morgan fingerprint density at radius 2 is 1.82 bits per heavy atom. The Bertz CT molecular complexity index is 689. The first kappa shape index (κ1) is 21.4. The summed E-state index contributed by atoms with van der Waals surface area (Å²) in [4.78, 5) is 2.45. The smallest absolute Gasteiger partial charge is 0.161 e. The molecule has 2 heterocycles. The lowest BCUT2D eigenvalue weighted by Gasteiger charge is -2.46. The van der Waals surface area contributed by atoms with E-state index in [0.29, 0.717) is 13.0 Å². The van der Waals surface area contributed by atoms with E-state index in [0.717, 1.165) is 31.0 Å². The lowest BCUT2D eigenvalue weighted by molar-refractivity contribution is -0.149. The van der Waals surface area contributed by atoms with Crippen molar-refractivity contribution in [2.45, 2.75) is 78.2 Å². The van der Waals surface area contributed by atoms with E-state index in [4.69, 9.17) is 14.2 Å². The van der Waals surface area contributed by atoms with Crippen molar-refractivity contribution in [1.29, 1.82) is 0 Å². The van der Waals surface area contributed by atoms with Crippen LogP contribution in [0, 0.1) is 5.41 Å². The fraction of sp³-hybridized carbons (Fsp3) is 0.739. The minimum absolute atomic E-state index is 0.0905. The molecule has 0 radical (unpaired) electrons. The lowest BCUT2D eigenvalue weighted by atomic mass is 9.84. The molecule has 0 spiro atoms. The molecule has 3 atom stereocenters. The summed E-state index contributed by atoms with van der Waals surface area (Å²) in [7, 11) is 1.69. The van der Waals surface area contributed by atoms with Gasteiger partial charge in [-0.25, -0.2) is 0 Å². The van der Waals surface area contributed by atoms with E-state index < -0.39 is 6.10 Å². The molecule has 2 aliphatic rings. The molecule has 1 fully saturated rings. The van der Waals surface area contributed by atoms with Crippen LogP contribution < -0.4 is 9.47 Å². The van der Waals surface area contributed by atoms with Gasteiger partial charge in [-0.15, -0.1) is 0 Å². The summed E-state index contributed by atoms with van der Waals surface area (Å²) < 4.78 is 17.8. The predicted octanol–water partition coefficient (Wildman–Crippen LogP) is 3.97. The van der Waals surface area contributed by atoms with Crippen molar-refractivity contribution in [3.8, 4) is 11.5 Å². The first-order valence-corrected chi connectivity index (χ1v) is 10.4. The average Bonchev–Trinajstić information content (AvgIpc) is 2.58. The Labute approximate surface area is 170 Å². The molecule has 28 heavy (non-hydrogen) atoms. The third-order valence-electron chi connectivity index (χ3n) is 5.37. The maximum absolute atomic E-state index is 10.7. The van der Waals surface area contributed by atoms with Gasteiger partial charge in [0.25, 0.3) is 0 Å². The number of rotatable bonds is 4. The van der Waals surface area contributed by atoms with E-state index in [1.165, 1.54) is 11.1 Å². The number of benzene rings is 1. The zero-order valence-corrected chi connectivity index (χ0v) is 18.5. The first-order valence-electron chi connectivity index (χ1n) is 10.4. The maximum atomic E-state index is 10.7. The maximum Gasteiger partial charge on any atom is 0.161 e. The van der Waals surface area contributed by atoms with E-state index in [1.54, 1.807) is 7.11 Å². The highest BCUT2D eigenvalue weighted by molar-refractivity contribution is 5.49. The van der Waals surface area contributed by atoms with E-state index in [-0.39, 0.29) is 23.2 Å². The standard InChI is InChI=1S/C23H37NO4/c1-22(2,3)14-27-20-10-15-8-9-24-13-21(28-23(4,5)6)18(25)12-17(24)16(15)11-19(20)26-7/h10-11,17-18,21,25H,8-9,12-14H2,1-7H3/t17-,18-,21-/m1/s1. The lowest BCUT2D eigenvalue weighted by Crippen LogP contribution is -2.53. The van der Waals surface area contributed by atoms with Crippen LogP contribution in [0.25, 0.3) is 0 Å². The van der Waals surface area contributed by atoms with Crippen LogP contribution in [0.5, 0.6) is 11.5 Å². The van der Waals surface area contributed by atoms with Gasteiger partial charge in [-0.1, -0.05) is 20.8 Å². The second-order valence-corrected chi connectivity index (χ2v) is 10.4. The molecule has 0 aliphatic carbocycles. The van der Waals surface area contributed by atoms with Crippen LogP contribution in [0.4, 0.5) is 0 Å². The van der Waals surface area contributed by atoms with E-state index in [2.05, 4.69) is 37.8 Å². The molecular formula is C23H37NO4. The molecule has 3 rings (SSSR count). The van der Waals surface area contributed by atoms with E-state index in [1.807, 2.05) is 20.8 Å². The fourth-order valence-corrected chi connectivity index (χ4v) is 4.13. The van der Waals surface area contributed by atoms with Crippen LogP contribution in [0.2, 0.25) is 0 Å². The highest BCUT2D eigenvalue weighted by atomic mass is 16.5. The fourth-order valence-electron chi connectivity index (χ4n) is 4.13. The van der Waals surface area contributed by atoms with Gasteiger partial charge in [-0.3, -0.25) is 4.90 Å². The van der Waals surface area contributed by atoms with Crippen molar-refractivity contribution < 1.29 is 19.3 Å². The van der Waals surface area contributed by atoms with Gasteiger partial charge < -0.3 is 19.3 Å². The first-order chi connectivity index (χ1) is 13.0. The second kappa shape index (κ2) is 7.85. The highest BCUT2D eigenvalue weighted by Crippen LogP contribution is 2.42. The highest BCUT2D eigenvalue weighted by Gasteiger charge is 2.40. The van der Waals surface area contributed by atoms with Gasteiger partial charge in [0.05, 0.1) is 31.5 Å². The van der Waals surface area contributed by atoms with Crippen LogP contribution in [0.1, 0.15) is 65.1 Å². The van der Waals surface area contributed by atoms with Gasteiger partial charge in [0.1, 0.15) is 0 Å². The number of hydrogen-bond acceptors (Lipinski definition) is 5. The molecule has 5 nitrogen and oxygen atoms in total. The zero-order valence-electron chi connectivity index (χ0n) is 18.5. The summed E-state index contributed by atoms with van der Waals surface area (Å²) in [5.41, 5.74) is 2.38. The molecule has 1 saturated heterocycles. The summed E-state index contributed by atoms with van der Waals surface area (Å²) in [5, 5.41) is 10.7. The van der Waals surface area contributed by atoms with Crippen molar-refractivity contribution in [2.24, 2.45) is 5.41 Å². The molecule has 1 aromatic carbocycles. The van der Waals surface area contributed by atoms with Crippen LogP contribution in [-0.4, -0.2) is 54.6 Å². The third kappa shape index (κ3) is 5.00. The number of fused-ring (bicyclic) bond motifs is 3. The van der Waals surface area contributed by atoms with Crippen molar-refractivity contribution in [3.05, 3.63) is 23.3 Å². The number of nitrogens with zero attached hydrogens (tertiary/aromatic N) is 1. The van der Waals surface area contributed by atoms with Crippen molar-refractivity contribution in [1.82, 2.24) is 4.90 Å². The summed E-state index contributed by atoms with van der Waals surface area (Å²) in [6.07, 6.45) is 1.04. The van der Waals surface area contributed by atoms with Crippen LogP contribution in [0.15, 0.2) is 12.1 Å². The van der Waals surface area contributed by atoms with Crippen LogP contribution in [0.3, 0.4) is 0 Å². The molecule has 2 aliphatic heterocycles. The molecule has 0 unspecified atom stereocenters. The minimum atomic E-state index is -0.464. The quantitative estimate of drug-likeness (QED) is 0.842. The number of aliphatic hydroxyl groups is 1. The number of ether oxygens (including phenoxy) is 3. The SMILES string of the molecule is COc1cc2c(cc1OCC(C)(C)C)CCN1C[C@@H](OC(C)(C)C)[C@H](O)C[C@H]21. The molecule has 1 N–H and O–H groups in total. The summed E-state index contributed by atoms with van der Waals surface area (Å²) in [5.74, 6) is 1.59. The second-order valence-electron chi connectivity index (χ2n) is 10.4. The van der Waals surface area contributed by atoms with Crippen LogP contribution >= 0.6 is 0 Å². The van der Waals surface area contributed by atoms with Gasteiger partial charge in [-0.05, 0) is 62.3 Å². The van der Waals surface area contributed by atoms with Gasteiger partial charge in [0.2, 0.25) is 0 Å². The Morgan fingerprint density at radius 3 is 2.43 bits per heavy atom. The average molecular weight is 392 g/mol. The number of methoxy groups -OCH3 is 1. The summed E-state index contributed by atoms with van der Waals surface area (Å²) in [6.45, 7) is 15.0. The van der Waals surface area contributed by atoms with Crippen molar-refractivity contribution >= 4 is 0 Å². The monoisotopic (exact) mass is 391 g/mol. The van der Waals surface area contributed by atoms with Gasteiger partial charge >= 0.3 is 0 Å². The number of aliphatic hydroxyl groups excluding tert-OH is 1. The molecule has 158 valence electrons. The summed E-state index contributed by atoms with van der Waals surface area (Å²) in [6, 6.07) is 4.45. The molecule has 0 saturated carbocycles. The molecule has 1 aromatic rings. The molecule has 0 bridgehead atoms. The van der Waals surface area contributed by atoms with E-state index in [9.17, 15) is 5.11 Å². The topological polar surface area (TPSA) is 51.2 Å². The summed E-state index contributed by atoms with van der Waals surface area (Å²) >= 11 is 0. The van der Waals surface area contributed by atoms with E-state index >= 15 is 0 Å². The Kier molecular flexibility index (Phi) is 6.00. The Morgan fingerprint density at radius 1 is 1.11 bits per heavy atom. The van der Waals surface area contributed by atoms with Crippen molar-refractivity contribution in [3.63, 3.8) is 0 Å².